The molecule has 2 unspecified atom stereocenters. The van der Waals surface area contributed by atoms with Gasteiger partial charge in [-0.1, -0.05) is 0 Å². The molecule has 2 aliphatic heterocycles. The SMILES string of the molecule is O=C1CCCCN1CC(O)OC(O)CN1CCCCC1=O. The Morgan fingerprint density at radius 2 is 1.29 bits per heavy atom. The Hall–Kier alpha value is -1.18. The summed E-state index contributed by atoms with van der Waals surface area (Å²) in [6.07, 6.45) is 2.13. The van der Waals surface area contributed by atoms with Crippen LogP contribution in [-0.4, -0.2) is 70.6 Å². The minimum absolute atomic E-state index is 0.00426. The van der Waals surface area contributed by atoms with Crippen LogP contribution in [0.25, 0.3) is 0 Å². The van der Waals surface area contributed by atoms with Crippen molar-refractivity contribution in [2.24, 2.45) is 0 Å². The zero-order chi connectivity index (χ0) is 15.2. The van der Waals surface area contributed by atoms with Gasteiger partial charge in [-0.05, 0) is 25.7 Å². The van der Waals surface area contributed by atoms with Crippen molar-refractivity contribution in [2.45, 2.75) is 51.1 Å². The van der Waals surface area contributed by atoms with Gasteiger partial charge in [0.1, 0.15) is 0 Å². The number of β-amino-alcohol motifs (C(OH)–C–C–N with tert-alkyl or cyclic N) is 2. The first kappa shape index (κ1) is 16.2. The van der Waals surface area contributed by atoms with Crippen LogP contribution in [0.4, 0.5) is 0 Å². The van der Waals surface area contributed by atoms with E-state index in [0.29, 0.717) is 25.9 Å². The molecule has 0 radical (unpaired) electrons. The first-order valence-electron chi connectivity index (χ1n) is 7.63. The van der Waals surface area contributed by atoms with Crippen molar-refractivity contribution in [3.63, 3.8) is 0 Å². The van der Waals surface area contributed by atoms with E-state index in [4.69, 9.17) is 4.74 Å². The molecule has 21 heavy (non-hydrogen) atoms. The second kappa shape index (κ2) is 7.72. The second-order valence-electron chi connectivity index (χ2n) is 5.64. The van der Waals surface area contributed by atoms with E-state index in [9.17, 15) is 19.8 Å². The van der Waals surface area contributed by atoms with E-state index in [1.165, 1.54) is 0 Å². The van der Waals surface area contributed by atoms with Gasteiger partial charge in [0.05, 0.1) is 13.1 Å². The lowest BCUT2D eigenvalue weighted by molar-refractivity contribution is -0.219. The van der Waals surface area contributed by atoms with Gasteiger partial charge >= 0.3 is 0 Å². The third kappa shape index (κ3) is 4.94. The Bertz CT molecular complexity index is 342. The highest BCUT2D eigenvalue weighted by atomic mass is 16.7. The molecule has 0 aliphatic carbocycles. The van der Waals surface area contributed by atoms with Gasteiger partial charge in [0.25, 0.3) is 0 Å². The van der Waals surface area contributed by atoms with Crippen LogP contribution >= 0.6 is 0 Å². The van der Waals surface area contributed by atoms with Gasteiger partial charge in [-0.25, -0.2) is 0 Å². The maximum absolute atomic E-state index is 11.6. The molecule has 2 aliphatic rings. The van der Waals surface area contributed by atoms with E-state index < -0.39 is 12.6 Å². The molecule has 2 amide bonds. The quantitative estimate of drug-likeness (QED) is 0.655. The van der Waals surface area contributed by atoms with Gasteiger partial charge < -0.3 is 24.7 Å². The number of carbonyl (C=O) groups excluding carboxylic acids is 2. The van der Waals surface area contributed by atoms with E-state index in [0.717, 1.165) is 25.7 Å². The predicted molar refractivity (Wildman–Crippen MR) is 74.0 cm³/mol. The lowest BCUT2D eigenvalue weighted by Crippen LogP contribution is -2.45. The molecule has 2 saturated heterocycles. The number of piperidine rings is 2. The molecule has 0 bridgehead atoms. The molecule has 7 nitrogen and oxygen atoms in total. The number of ether oxygens (including phenoxy) is 1. The van der Waals surface area contributed by atoms with Gasteiger partial charge in [0.2, 0.25) is 11.8 Å². The summed E-state index contributed by atoms with van der Waals surface area (Å²) in [6, 6.07) is 0. The number of carbonyl (C=O) groups is 2. The van der Waals surface area contributed by atoms with Crippen LogP contribution in [0.15, 0.2) is 0 Å². The van der Waals surface area contributed by atoms with E-state index >= 15 is 0 Å². The summed E-state index contributed by atoms with van der Waals surface area (Å²) < 4.78 is 5.08. The molecule has 0 aromatic carbocycles. The Morgan fingerprint density at radius 1 is 0.857 bits per heavy atom. The highest BCUT2D eigenvalue weighted by Crippen LogP contribution is 2.13. The Morgan fingerprint density at radius 3 is 1.67 bits per heavy atom. The first-order valence-corrected chi connectivity index (χ1v) is 7.63. The average Bonchev–Trinajstić information content (AvgIpc) is 2.44. The molecule has 0 aromatic rings. The molecule has 0 spiro atoms. The molecule has 2 heterocycles. The zero-order valence-electron chi connectivity index (χ0n) is 12.2. The third-order valence-corrected chi connectivity index (χ3v) is 3.91. The van der Waals surface area contributed by atoms with Gasteiger partial charge in [-0.2, -0.15) is 0 Å². The van der Waals surface area contributed by atoms with Gasteiger partial charge in [0.15, 0.2) is 12.6 Å². The number of likely N-dealkylation sites (tertiary alicyclic amines) is 2. The van der Waals surface area contributed by atoms with Crippen molar-refractivity contribution >= 4 is 11.8 Å². The van der Waals surface area contributed by atoms with Crippen LogP contribution in [0, 0.1) is 0 Å². The highest BCUT2D eigenvalue weighted by molar-refractivity contribution is 5.77. The number of hydrogen-bond acceptors (Lipinski definition) is 5. The van der Waals surface area contributed by atoms with Crippen molar-refractivity contribution in [3.8, 4) is 0 Å². The molecule has 0 aromatic heterocycles. The summed E-state index contributed by atoms with van der Waals surface area (Å²) in [5.74, 6) is 0.00851. The van der Waals surface area contributed by atoms with E-state index in [-0.39, 0.29) is 24.9 Å². The summed E-state index contributed by atoms with van der Waals surface area (Å²) in [7, 11) is 0. The largest absolute Gasteiger partial charge is 0.366 e. The number of aliphatic hydroxyl groups excluding tert-OH is 2. The molecule has 7 heteroatoms. The van der Waals surface area contributed by atoms with Crippen molar-refractivity contribution in [1.82, 2.24) is 9.80 Å². The third-order valence-electron chi connectivity index (χ3n) is 3.91. The number of aliphatic hydroxyl groups is 2. The van der Waals surface area contributed by atoms with E-state index in [1.54, 1.807) is 9.80 Å². The topological polar surface area (TPSA) is 90.3 Å². The Balaban J connectivity index is 1.72. The lowest BCUT2D eigenvalue weighted by Gasteiger charge is -2.31. The zero-order valence-corrected chi connectivity index (χ0v) is 12.2. The maximum atomic E-state index is 11.6. The summed E-state index contributed by atoms with van der Waals surface area (Å²) in [4.78, 5) is 26.3. The molecule has 2 N–H and O–H groups in total. The number of nitrogens with zero attached hydrogens (tertiary/aromatic N) is 2. The van der Waals surface area contributed by atoms with Crippen LogP contribution in [-0.2, 0) is 14.3 Å². The summed E-state index contributed by atoms with van der Waals surface area (Å²) >= 11 is 0. The average molecular weight is 300 g/mol. The summed E-state index contributed by atoms with van der Waals surface area (Å²) in [6.45, 7) is 1.34. The minimum atomic E-state index is -1.23. The van der Waals surface area contributed by atoms with Gasteiger partial charge in [0, 0.05) is 25.9 Å². The molecular formula is C14H24N2O5. The molecule has 120 valence electrons. The van der Waals surface area contributed by atoms with Crippen molar-refractivity contribution < 1.29 is 24.5 Å². The Labute approximate surface area is 124 Å². The second-order valence-corrected chi connectivity index (χ2v) is 5.64. The van der Waals surface area contributed by atoms with Gasteiger partial charge in [-0.15, -0.1) is 0 Å². The monoisotopic (exact) mass is 300 g/mol. The lowest BCUT2D eigenvalue weighted by atomic mass is 10.1. The Kier molecular flexibility index (Phi) is 5.96. The van der Waals surface area contributed by atoms with Crippen LogP contribution in [0.2, 0.25) is 0 Å². The fraction of sp³-hybridized carbons (Fsp3) is 0.857. The number of rotatable bonds is 6. The molecular weight excluding hydrogens is 276 g/mol. The summed E-state index contributed by atoms with van der Waals surface area (Å²) in [5, 5.41) is 19.6. The number of hydrogen-bond donors (Lipinski definition) is 2. The van der Waals surface area contributed by atoms with Crippen LogP contribution in [0.1, 0.15) is 38.5 Å². The standard InChI is InChI=1S/C14H24N2O5/c17-11-5-1-3-7-15(11)9-13(19)21-14(20)10-16-8-4-2-6-12(16)18/h13-14,19-20H,1-10H2. The summed E-state index contributed by atoms with van der Waals surface area (Å²) in [5.41, 5.74) is 0. The molecule has 2 atom stereocenters. The highest BCUT2D eigenvalue weighted by Gasteiger charge is 2.25. The van der Waals surface area contributed by atoms with Crippen LogP contribution in [0.5, 0.6) is 0 Å². The van der Waals surface area contributed by atoms with Crippen molar-refractivity contribution in [1.29, 1.82) is 0 Å². The van der Waals surface area contributed by atoms with Crippen LogP contribution in [0.3, 0.4) is 0 Å². The predicted octanol–water partition coefficient (Wildman–Crippen LogP) is -0.335. The van der Waals surface area contributed by atoms with E-state index in [1.807, 2.05) is 0 Å². The van der Waals surface area contributed by atoms with Gasteiger partial charge in [-0.3, -0.25) is 9.59 Å². The normalized spacial score (nSPS) is 23.3. The maximum Gasteiger partial charge on any atom is 0.222 e. The fourth-order valence-electron chi connectivity index (χ4n) is 2.75. The molecule has 0 saturated carbocycles. The van der Waals surface area contributed by atoms with Crippen LogP contribution < -0.4 is 0 Å². The number of amides is 2. The molecule has 2 rings (SSSR count). The van der Waals surface area contributed by atoms with E-state index in [2.05, 4.69) is 0 Å². The molecule has 2 fully saturated rings. The first-order chi connectivity index (χ1) is 10.1. The van der Waals surface area contributed by atoms with Crippen molar-refractivity contribution in [2.75, 3.05) is 26.2 Å². The fourth-order valence-corrected chi connectivity index (χ4v) is 2.75. The van der Waals surface area contributed by atoms with Crippen molar-refractivity contribution in [3.05, 3.63) is 0 Å². The smallest absolute Gasteiger partial charge is 0.222 e. The minimum Gasteiger partial charge on any atom is -0.366 e.